The number of hydrogen-bond acceptors (Lipinski definition) is 4. The fourth-order valence-electron chi connectivity index (χ4n) is 0.806. The smallest absolute Gasteiger partial charge is 0.328 e. The lowest BCUT2D eigenvalue weighted by Gasteiger charge is -2.15. The van der Waals surface area contributed by atoms with Gasteiger partial charge in [0, 0.05) is 7.11 Å². The molecule has 0 bridgehead atoms. The topological polar surface area (TPSA) is 102 Å². The summed E-state index contributed by atoms with van der Waals surface area (Å²) in [7, 11) is 1.36. The summed E-state index contributed by atoms with van der Waals surface area (Å²) in [4.78, 5) is 21.8. The maximum atomic E-state index is 11.2. The molecule has 0 spiro atoms. The van der Waals surface area contributed by atoms with Crippen molar-refractivity contribution in [2.24, 2.45) is 5.73 Å². The first-order chi connectivity index (χ1) is 6.52. The average molecular weight is 204 g/mol. The third kappa shape index (κ3) is 4.20. The Bertz CT molecular complexity index is 208. The van der Waals surface area contributed by atoms with Crippen LogP contribution in [0, 0.1) is 0 Å². The van der Waals surface area contributed by atoms with Gasteiger partial charge in [-0.25, -0.2) is 4.79 Å². The molecule has 1 amide bonds. The number of hydrogen-bond donors (Lipinski definition) is 3. The molecule has 4 N–H and O–H groups in total. The summed E-state index contributed by atoms with van der Waals surface area (Å²) in [5.41, 5.74) is 5.42. The summed E-state index contributed by atoms with van der Waals surface area (Å²) in [5, 5.41) is 11.0. The lowest BCUT2D eigenvalue weighted by atomic mass is 10.2. The van der Waals surface area contributed by atoms with Gasteiger partial charge in [-0.1, -0.05) is 6.92 Å². The molecule has 0 rings (SSSR count). The van der Waals surface area contributed by atoms with Crippen LogP contribution < -0.4 is 11.1 Å². The number of amides is 1. The van der Waals surface area contributed by atoms with Crippen LogP contribution >= 0.6 is 0 Å². The first-order valence-corrected chi connectivity index (χ1v) is 4.30. The Morgan fingerprint density at radius 2 is 2.14 bits per heavy atom. The molecule has 0 aromatic heterocycles. The molecule has 0 aromatic rings. The number of ether oxygens (including phenoxy) is 1. The van der Waals surface area contributed by atoms with E-state index in [9.17, 15) is 9.59 Å². The number of carbonyl (C=O) groups excluding carboxylic acids is 1. The van der Waals surface area contributed by atoms with E-state index in [0.717, 1.165) is 0 Å². The first-order valence-electron chi connectivity index (χ1n) is 4.30. The Morgan fingerprint density at radius 1 is 1.57 bits per heavy atom. The molecule has 0 radical (unpaired) electrons. The van der Waals surface area contributed by atoms with Crippen LogP contribution in [0.25, 0.3) is 0 Å². The van der Waals surface area contributed by atoms with Gasteiger partial charge in [-0.05, 0) is 6.42 Å². The largest absolute Gasteiger partial charge is 0.480 e. The van der Waals surface area contributed by atoms with E-state index < -0.39 is 24.0 Å². The van der Waals surface area contributed by atoms with Crippen molar-refractivity contribution in [2.75, 3.05) is 13.7 Å². The van der Waals surface area contributed by atoms with Crippen molar-refractivity contribution >= 4 is 11.9 Å². The Hall–Kier alpha value is -1.14. The molecule has 0 saturated heterocycles. The Balaban J connectivity index is 4.15. The minimum atomic E-state index is -1.14. The lowest BCUT2D eigenvalue weighted by molar-refractivity contribution is -0.143. The predicted molar refractivity (Wildman–Crippen MR) is 49.7 cm³/mol. The minimum Gasteiger partial charge on any atom is -0.480 e. The van der Waals surface area contributed by atoms with Crippen molar-refractivity contribution in [2.45, 2.75) is 25.4 Å². The van der Waals surface area contributed by atoms with Crippen molar-refractivity contribution in [1.82, 2.24) is 5.32 Å². The van der Waals surface area contributed by atoms with Gasteiger partial charge in [-0.2, -0.15) is 0 Å². The summed E-state index contributed by atoms with van der Waals surface area (Å²) in [6.45, 7) is 1.67. The summed E-state index contributed by atoms with van der Waals surface area (Å²) in [6, 6.07) is -1.71. The van der Waals surface area contributed by atoms with Crippen molar-refractivity contribution in [3.8, 4) is 0 Å². The summed E-state index contributed by atoms with van der Waals surface area (Å²) >= 11 is 0. The fraction of sp³-hybridized carbons (Fsp3) is 0.750. The second-order valence-electron chi connectivity index (χ2n) is 2.87. The molecule has 6 heteroatoms. The van der Waals surface area contributed by atoms with Crippen molar-refractivity contribution in [1.29, 1.82) is 0 Å². The van der Waals surface area contributed by atoms with Gasteiger partial charge in [0.2, 0.25) is 5.91 Å². The highest BCUT2D eigenvalue weighted by molar-refractivity contribution is 5.86. The fourth-order valence-corrected chi connectivity index (χ4v) is 0.806. The molecule has 14 heavy (non-hydrogen) atoms. The Kier molecular flexibility index (Phi) is 5.82. The van der Waals surface area contributed by atoms with E-state index in [2.05, 4.69) is 10.1 Å². The van der Waals surface area contributed by atoms with E-state index >= 15 is 0 Å². The van der Waals surface area contributed by atoms with E-state index in [1.54, 1.807) is 6.92 Å². The SMILES string of the molecule is CCC(N)C(=O)NC(COC)C(=O)O. The number of aliphatic carboxylic acids is 1. The lowest BCUT2D eigenvalue weighted by Crippen LogP contribution is -2.50. The van der Waals surface area contributed by atoms with Gasteiger partial charge in [-0.15, -0.1) is 0 Å². The molecule has 0 heterocycles. The Labute approximate surface area is 82.4 Å². The van der Waals surface area contributed by atoms with E-state index in [0.29, 0.717) is 6.42 Å². The molecule has 2 unspecified atom stereocenters. The zero-order valence-corrected chi connectivity index (χ0v) is 8.32. The molecule has 82 valence electrons. The van der Waals surface area contributed by atoms with Crippen LogP contribution in [0.2, 0.25) is 0 Å². The van der Waals surface area contributed by atoms with Gasteiger partial charge < -0.3 is 20.9 Å². The van der Waals surface area contributed by atoms with Crippen LogP contribution in [0.1, 0.15) is 13.3 Å². The van der Waals surface area contributed by atoms with Crippen molar-refractivity contribution in [3.05, 3.63) is 0 Å². The second kappa shape index (κ2) is 6.33. The quantitative estimate of drug-likeness (QED) is 0.512. The van der Waals surface area contributed by atoms with Crippen LogP contribution in [-0.2, 0) is 14.3 Å². The molecule has 6 nitrogen and oxygen atoms in total. The molecule has 0 aliphatic heterocycles. The zero-order valence-electron chi connectivity index (χ0n) is 8.32. The molecule has 2 atom stereocenters. The molecule has 0 aromatic carbocycles. The number of carbonyl (C=O) groups is 2. The normalized spacial score (nSPS) is 14.5. The predicted octanol–water partition coefficient (Wildman–Crippen LogP) is -1.06. The number of methoxy groups -OCH3 is 1. The Morgan fingerprint density at radius 3 is 2.50 bits per heavy atom. The van der Waals surface area contributed by atoms with Gasteiger partial charge in [0.1, 0.15) is 0 Å². The summed E-state index contributed by atoms with van der Waals surface area (Å²) < 4.78 is 4.64. The number of carboxylic acids is 1. The number of rotatable bonds is 6. The highest BCUT2D eigenvalue weighted by Crippen LogP contribution is 1.90. The molecule has 0 saturated carbocycles. The van der Waals surface area contributed by atoms with Crippen molar-refractivity contribution < 1.29 is 19.4 Å². The maximum Gasteiger partial charge on any atom is 0.328 e. The highest BCUT2D eigenvalue weighted by Gasteiger charge is 2.21. The van der Waals surface area contributed by atoms with Gasteiger partial charge in [0.25, 0.3) is 0 Å². The van der Waals surface area contributed by atoms with E-state index in [-0.39, 0.29) is 6.61 Å². The number of nitrogens with two attached hydrogens (primary N) is 1. The second-order valence-corrected chi connectivity index (χ2v) is 2.87. The number of nitrogens with one attached hydrogen (secondary N) is 1. The summed E-state index contributed by atoms with van der Waals surface area (Å²) in [5.74, 6) is -1.61. The molecular formula is C8H16N2O4. The third-order valence-corrected chi connectivity index (χ3v) is 1.72. The van der Waals surface area contributed by atoms with Gasteiger partial charge in [0.05, 0.1) is 12.6 Å². The van der Waals surface area contributed by atoms with E-state index in [4.69, 9.17) is 10.8 Å². The van der Waals surface area contributed by atoms with Gasteiger partial charge in [-0.3, -0.25) is 4.79 Å². The van der Waals surface area contributed by atoms with E-state index in [1.807, 2.05) is 0 Å². The third-order valence-electron chi connectivity index (χ3n) is 1.72. The first kappa shape index (κ1) is 12.9. The molecule has 0 aliphatic rings. The number of carboxylic acid groups (broad SMARTS) is 1. The molecular weight excluding hydrogens is 188 g/mol. The zero-order chi connectivity index (χ0) is 11.1. The molecule has 0 fully saturated rings. The standard InChI is InChI=1S/C8H16N2O4/c1-3-5(9)7(11)10-6(4-14-2)8(12)13/h5-6H,3-4,9H2,1-2H3,(H,10,11)(H,12,13). The van der Waals surface area contributed by atoms with Crippen LogP contribution in [0.3, 0.4) is 0 Å². The van der Waals surface area contributed by atoms with Crippen LogP contribution in [0.15, 0.2) is 0 Å². The average Bonchev–Trinajstić information content (AvgIpc) is 2.15. The van der Waals surface area contributed by atoms with Gasteiger partial charge in [0.15, 0.2) is 6.04 Å². The maximum absolute atomic E-state index is 11.2. The monoisotopic (exact) mass is 204 g/mol. The van der Waals surface area contributed by atoms with Crippen LogP contribution in [-0.4, -0.2) is 42.8 Å². The van der Waals surface area contributed by atoms with Crippen LogP contribution in [0.5, 0.6) is 0 Å². The minimum absolute atomic E-state index is 0.0719. The van der Waals surface area contributed by atoms with Crippen LogP contribution in [0.4, 0.5) is 0 Å². The molecule has 0 aliphatic carbocycles. The highest BCUT2D eigenvalue weighted by atomic mass is 16.5. The van der Waals surface area contributed by atoms with Gasteiger partial charge >= 0.3 is 5.97 Å². The van der Waals surface area contributed by atoms with E-state index in [1.165, 1.54) is 7.11 Å². The van der Waals surface area contributed by atoms with Crippen molar-refractivity contribution in [3.63, 3.8) is 0 Å². The summed E-state index contributed by atoms with van der Waals surface area (Å²) in [6.07, 6.45) is 0.463.